The van der Waals surface area contributed by atoms with Gasteiger partial charge < -0.3 is 10.7 Å². The van der Waals surface area contributed by atoms with Gasteiger partial charge in [-0.2, -0.15) is 12.6 Å². The Morgan fingerprint density at radius 3 is 2.93 bits per heavy atom. The van der Waals surface area contributed by atoms with Gasteiger partial charge in [0.05, 0.1) is 0 Å². The third kappa shape index (κ3) is 1.79. The summed E-state index contributed by atoms with van der Waals surface area (Å²) in [6, 6.07) is 8.40. The number of rotatable bonds is 3. The number of thiol groups is 1. The molecule has 0 fully saturated rings. The molecule has 0 aliphatic carbocycles. The molecule has 0 saturated heterocycles. The number of aromatic nitrogens is 1. The highest BCUT2D eigenvalue weighted by molar-refractivity contribution is 7.80. The number of hydrogen-bond donors (Lipinski definition) is 3. The summed E-state index contributed by atoms with van der Waals surface area (Å²) >= 11 is 4.19. The first-order chi connectivity index (χ1) is 6.81. The zero-order valence-electron chi connectivity index (χ0n) is 7.90. The van der Waals surface area contributed by atoms with Crippen LogP contribution in [0.2, 0.25) is 0 Å². The summed E-state index contributed by atoms with van der Waals surface area (Å²) in [6.07, 6.45) is 2.92. The predicted molar refractivity (Wildman–Crippen MR) is 63.8 cm³/mol. The number of hydrogen-bond acceptors (Lipinski definition) is 2. The van der Waals surface area contributed by atoms with Crippen LogP contribution >= 0.6 is 12.6 Å². The first kappa shape index (κ1) is 9.62. The maximum Gasteiger partial charge on any atom is 0.0456 e. The van der Waals surface area contributed by atoms with Gasteiger partial charge in [0, 0.05) is 28.9 Å². The molecule has 3 heteroatoms. The van der Waals surface area contributed by atoms with Crippen LogP contribution in [0.25, 0.3) is 10.9 Å². The number of nitrogens with two attached hydrogens (primary N) is 1. The van der Waals surface area contributed by atoms with E-state index in [-0.39, 0.29) is 6.04 Å². The van der Waals surface area contributed by atoms with Crippen LogP contribution < -0.4 is 5.73 Å². The van der Waals surface area contributed by atoms with Crippen molar-refractivity contribution >= 4 is 23.5 Å². The minimum atomic E-state index is 0.137. The summed E-state index contributed by atoms with van der Waals surface area (Å²) in [5.74, 6) is 0.722. The first-order valence-corrected chi connectivity index (χ1v) is 5.36. The van der Waals surface area contributed by atoms with Crippen LogP contribution in [0.1, 0.15) is 5.56 Å². The van der Waals surface area contributed by atoms with Crippen LogP contribution in [0.15, 0.2) is 30.5 Å². The lowest BCUT2D eigenvalue weighted by atomic mass is 10.1. The summed E-state index contributed by atoms with van der Waals surface area (Å²) in [7, 11) is 0. The fraction of sp³-hybridized carbons (Fsp3) is 0.273. The molecule has 1 unspecified atom stereocenters. The van der Waals surface area contributed by atoms with Crippen LogP contribution in [0.5, 0.6) is 0 Å². The molecule has 3 N–H and O–H groups in total. The van der Waals surface area contributed by atoms with E-state index in [0.717, 1.165) is 12.2 Å². The van der Waals surface area contributed by atoms with E-state index in [2.05, 4.69) is 29.7 Å². The topological polar surface area (TPSA) is 41.8 Å². The van der Waals surface area contributed by atoms with Crippen LogP contribution in [0.4, 0.5) is 0 Å². The van der Waals surface area contributed by atoms with E-state index in [0.29, 0.717) is 0 Å². The van der Waals surface area contributed by atoms with Crippen molar-refractivity contribution in [3.05, 3.63) is 36.0 Å². The molecule has 0 amide bonds. The third-order valence-electron chi connectivity index (χ3n) is 2.39. The van der Waals surface area contributed by atoms with Gasteiger partial charge in [-0.05, 0) is 18.1 Å². The van der Waals surface area contributed by atoms with Gasteiger partial charge in [-0.25, -0.2) is 0 Å². The quantitative estimate of drug-likeness (QED) is 0.660. The molecular weight excluding hydrogens is 192 g/mol. The molecule has 0 spiro atoms. The largest absolute Gasteiger partial charge is 0.361 e. The molecule has 0 aliphatic heterocycles. The van der Waals surface area contributed by atoms with Gasteiger partial charge in [0.25, 0.3) is 0 Å². The summed E-state index contributed by atoms with van der Waals surface area (Å²) < 4.78 is 0. The second-order valence-electron chi connectivity index (χ2n) is 3.51. The Bertz CT molecular complexity index is 422. The van der Waals surface area contributed by atoms with Crippen molar-refractivity contribution < 1.29 is 0 Å². The number of H-pyrrole nitrogens is 1. The fourth-order valence-corrected chi connectivity index (χ4v) is 1.78. The van der Waals surface area contributed by atoms with Crippen molar-refractivity contribution in [2.45, 2.75) is 12.5 Å². The molecule has 2 aromatic rings. The molecule has 1 aromatic heterocycles. The second-order valence-corrected chi connectivity index (χ2v) is 3.87. The van der Waals surface area contributed by atoms with Gasteiger partial charge in [-0.3, -0.25) is 0 Å². The molecular formula is C11H14N2S. The summed E-state index contributed by atoms with van der Waals surface area (Å²) in [4.78, 5) is 3.24. The van der Waals surface area contributed by atoms with Gasteiger partial charge in [-0.1, -0.05) is 18.2 Å². The molecule has 0 radical (unpaired) electrons. The van der Waals surface area contributed by atoms with Crippen LogP contribution in [0.3, 0.4) is 0 Å². The molecule has 14 heavy (non-hydrogen) atoms. The average molecular weight is 206 g/mol. The Balaban J connectivity index is 2.33. The van der Waals surface area contributed by atoms with Crippen LogP contribution in [-0.4, -0.2) is 16.8 Å². The Kier molecular flexibility index (Phi) is 2.79. The molecule has 2 rings (SSSR count). The molecule has 1 aromatic carbocycles. The highest BCUT2D eigenvalue weighted by atomic mass is 32.1. The molecule has 0 saturated carbocycles. The minimum absolute atomic E-state index is 0.137. The van der Waals surface area contributed by atoms with Crippen molar-refractivity contribution in [2.75, 3.05) is 5.75 Å². The lowest BCUT2D eigenvalue weighted by molar-refractivity contribution is 0.754. The Morgan fingerprint density at radius 2 is 2.14 bits per heavy atom. The second kappa shape index (κ2) is 4.07. The number of fused-ring (bicyclic) bond motifs is 1. The Morgan fingerprint density at radius 1 is 1.36 bits per heavy atom. The van der Waals surface area contributed by atoms with Gasteiger partial charge in [0.15, 0.2) is 0 Å². The van der Waals surface area contributed by atoms with Gasteiger partial charge in [-0.15, -0.1) is 0 Å². The zero-order chi connectivity index (χ0) is 9.97. The van der Waals surface area contributed by atoms with Crippen molar-refractivity contribution in [3.63, 3.8) is 0 Å². The maximum absolute atomic E-state index is 5.86. The summed E-state index contributed by atoms with van der Waals surface area (Å²) in [5, 5.41) is 1.27. The summed E-state index contributed by atoms with van der Waals surface area (Å²) in [5.41, 5.74) is 8.32. The summed E-state index contributed by atoms with van der Waals surface area (Å²) in [6.45, 7) is 0. The number of para-hydroxylation sites is 1. The van der Waals surface area contributed by atoms with Crippen molar-refractivity contribution in [3.8, 4) is 0 Å². The standard InChI is InChI=1S/C11H14N2S/c12-9(7-14)5-8-6-13-11-4-2-1-3-10(8)11/h1-4,6,9,13-14H,5,7,12H2. The highest BCUT2D eigenvalue weighted by Gasteiger charge is 2.06. The van der Waals surface area contributed by atoms with E-state index in [1.165, 1.54) is 16.5 Å². The molecule has 74 valence electrons. The zero-order valence-corrected chi connectivity index (χ0v) is 8.80. The van der Waals surface area contributed by atoms with Gasteiger partial charge in [0.2, 0.25) is 0 Å². The predicted octanol–water partition coefficient (Wildman–Crippen LogP) is 1.97. The van der Waals surface area contributed by atoms with Crippen LogP contribution in [0, 0.1) is 0 Å². The SMILES string of the molecule is NC(CS)Cc1c[nH]c2ccccc12. The first-order valence-electron chi connectivity index (χ1n) is 4.72. The average Bonchev–Trinajstić information content (AvgIpc) is 2.62. The van der Waals surface area contributed by atoms with Crippen LogP contribution in [-0.2, 0) is 6.42 Å². The lowest BCUT2D eigenvalue weighted by Crippen LogP contribution is -2.24. The lowest BCUT2D eigenvalue weighted by Gasteiger charge is -2.06. The van der Waals surface area contributed by atoms with E-state index in [4.69, 9.17) is 5.73 Å². The third-order valence-corrected chi connectivity index (χ3v) is 2.86. The molecule has 0 aliphatic rings. The van der Waals surface area contributed by atoms with E-state index in [1.807, 2.05) is 18.3 Å². The van der Waals surface area contributed by atoms with E-state index >= 15 is 0 Å². The van der Waals surface area contributed by atoms with Gasteiger partial charge >= 0.3 is 0 Å². The highest BCUT2D eigenvalue weighted by Crippen LogP contribution is 2.18. The minimum Gasteiger partial charge on any atom is -0.361 e. The Hall–Kier alpha value is -0.930. The van der Waals surface area contributed by atoms with E-state index < -0.39 is 0 Å². The van der Waals surface area contributed by atoms with E-state index in [9.17, 15) is 0 Å². The van der Waals surface area contributed by atoms with Crippen molar-refractivity contribution in [1.29, 1.82) is 0 Å². The fourth-order valence-electron chi connectivity index (χ4n) is 1.65. The normalized spacial score (nSPS) is 13.3. The molecule has 1 heterocycles. The maximum atomic E-state index is 5.86. The van der Waals surface area contributed by atoms with Crippen molar-refractivity contribution in [1.82, 2.24) is 4.98 Å². The molecule has 2 nitrogen and oxygen atoms in total. The monoisotopic (exact) mass is 206 g/mol. The van der Waals surface area contributed by atoms with Crippen molar-refractivity contribution in [2.24, 2.45) is 5.73 Å². The van der Waals surface area contributed by atoms with Gasteiger partial charge in [0.1, 0.15) is 0 Å². The molecule has 0 bridgehead atoms. The number of aromatic amines is 1. The Labute approximate surface area is 88.9 Å². The smallest absolute Gasteiger partial charge is 0.0456 e. The number of nitrogens with one attached hydrogen (secondary N) is 1. The molecule has 1 atom stereocenters. The number of benzene rings is 1. The van der Waals surface area contributed by atoms with E-state index in [1.54, 1.807) is 0 Å².